The quantitative estimate of drug-likeness (QED) is 0.840. The molecule has 2 rings (SSSR count). The molecule has 0 aromatic carbocycles. The van der Waals surface area contributed by atoms with Crippen LogP contribution in [0.3, 0.4) is 0 Å². The second-order valence-electron chi connectivity index (χ2n) is 3.79. The molecule has 18 heavy (non-hydrogen) atoms. The molecule has 2 heterocycles. The van der Waals surface area contributed by atoms with Gasteiger partial charge in [-0.25, -0.2) is 4.79 Å². The maximum atomic E-state index is 11.5. The van der Waals surface area contributed by atoms with E-state index in [9.17, 15) is 9.59 Å². The number of aromatic nitrogens is 4. The highest BCUT2D eigenvalue weighted by molar-refractivity contribution is 9.10. The molecule has 96 valence electrons. The van der Waals surface area contributed by atoms with E-state index >= 15 is 0 Å². The van der Waals surface area contributed by atoms with Crippen molar-refractivity contribution in [1.82, 2.24) is 19.3 Å². The molecule has 0 radical (unpaired) electrons. The first-order valence-electron chi connectivity index (χ1n) is 5.34. The molecule has 0 saturated heterocycles. The lowest BCUT2D eigenvalue weighted by Crippen LogP contribution is -2.30. The first kappa shape index (κ1) is 12.6. The molecule has 3 N–H and O–H groups in total. The highest BCUT2D eigenvalue weighted by Crippen LogP contribution is 2.00. The topological polar surface area (TPSA) is 98.7 Å². The minimum absolute atomic E-state index is 0.338. The van der Waals surface area contributed by atoms with Crippen molar-refractivity contribution in [2.45, 2.75) is 19.5 Å². The minimum atomic E-state index is -0.420. The Labute approximate surface area is 110 Å². The Hall–Kier alpha value is -1.83. The molecule has 8 heteroatoms. The van der Waals surface area contributed by atoms with Crippen LogP contribution in [0.2, 0.25) is 0 Å². The van der Waals surface area contributed by atoms with E-state index in [1.807, 2.05) is 0 Å². The van der Waals surface area contributed by atoms with Crippen molar-refractivity contribution in [1.29, 1.82) is 0 Å². The molecule has 0 spiro atoms. The van der Waals surface area contributed by atoms with Crippen LogP contribution in [0, 0.1) is 0 Å². The number of H-pyrrole nitrogens is 1. The van der Waals surface area contributed by atoms with Crippen LogP contribution in [0.15, 0.2) is 32.5 Å². The molecule has 2 aromatic rings. The van der Waals surface area contributed by atoms with E-state index in [4.69, 9.17) is 5.73 Å². The average molecular weight is 314 g/mol. The van der Waals surface area contributed by atoms with E-state index in [1.54, 1.807) is 16.9 Å². The van der Waals surface area contributed by atoms with E-state index < -0.39 is 11.2 Å². The molecule has 0 fully saturated rings. The Morgan fingerprint density at radius 3 is 2.83 bits per heavy atom. The predicted molar refractivity (Wildman–Crippen MR) is 70.3 cm³/mol. The lowest BCUT2D eigenvalue weighted by Gasteiger charge is -2.05. The number of rotatable bonds is 4. The van der Waals surface area contributed by atoms with Crippen LogP contribution >= 0.6 is 15.9 Å². The van der Waals surface area contributed by atoms with Crippen molar-refractivity contribution in [3.63, 3.8) is 0 Å². The molecular weight excluding hydrogens is 302 g/mol. The number of anilines is 1. The first-order valence-corrected chi connectivity index (χ1v) is 6.14. The summed E-state index contributed by atoms with van der Waals surface area (Å²) in [6, 6.07) is 1.71. The van der Waals surface area contributed by atoms with Gasteiger partial charge in [-0.1, -0.05) is 0 Å². The van der Waals surface area contributed by atoms with Gasteiger partial charge in [-0.3, -0.25) is 19.0 Å². The maximum absolute atomic E-state index is 11.5. The molecule has 0 saturated carbocycles. The molecule has 2 aromatic heterocycles. The summed E-state index contributed by atoms with van der Waals surface area (Å²) >= 11 is 3.08. The third-order valence-electron chi connectivity index (χ3n) is 2.41. The molecule has 0 amide bonds. The Morgan fingerprint density at radius 2 is 2.17 bits per heavy atom. The SMILES string of the molecule is Nc1ccn(CCCn2cc(Br)c(=O)[nH]c2=O)n1. The monoisotopic (exact) mass is 313 g/mol. The van der Waals surface area contributed by atoms with Gasteiger partial charge in [0, 0.05) is 25.5 Å². The Kier molecular flexibility index (Phi) is 3.66. The summed E-state index contributed by atoms with van der Waals surface area (Å²) in [6.07, 6.45) is 3.97. The molecular formula is C10H12BrN5O2. The molecule has 0 aliphatic carbocycles. The fourth-order valence-electron chi connectivity index (χ4n) is 1.55. The summed E-state index contributed by atoms with van der Waals surface area (Å²) in [5.41, 5.74) is 4.65. The van der Waals surface area contributed by atoms with Gasteiger partial charge in [0.2, 0.25) is 0 Å². The van der Waals surface area contributed by atoms with Crippen molar-refractivity contribution >= 4 is 21.7 Å². The van der Waals surface area contributed by atoms with E-state index in [0.29, 0.717) is 29.8 Å². The number of nitrogens with two attached hydrogens (primary N) is 1. The van der Waals surface area contributed by atoms with Crippen LogP contribution in [-0.4, -0.2) is 19.3 Å². The van der Waals surface area contributed by atoms with Gasteiger partial charge in [0.25, 0.3) is 5.56 Å². The van der Waals surface area contributed by atoms with Crippen LogP contribution in [0.25, 0.3) is 0 Å². The predicted octanol–water partition coefficient (Wildman–Crippen LogP) is 0.168. The molecule has 0 atom stereocenters. The van der Waals surface area contributed by atoms with Gasteiger partial charge in [-0.05, 0) is 28.4 Å². The summed E-state index contributed by atoms with van der Waals surface area (Å²) in [4.78, 5) is 24.9. The second-order valence-corrected chi connectivity index (χ2v) is 4.64. The van der Waals surface area contributed by atoms with Gasteiger partial charge < -0.3 is 5.73 Å². The van der Waals surface area contributed by atoms with E-state index in [0.717, 1.165) is 0 Å². The highest BCUT2D eigenvalue weighted by atomic mass is 79.9. The fraction of sp³-hybridized carbons (Fsp3) is 0.300. The van der Waals surface area contributed by atoms with Gasteiger partial charge in [0.15, 0.2) is 0 Å². The van der Waals surface area contributed by atoms with Gasteiger partial charge >= 0.3 is 5.69 Å². The number of aromatic amines is 1. The minimum Gasteiger partial charge on any atom is -0.382 e. The number of nitrogens with one attached hydrogen (secondary N) is 1. The summed E-state index contributed by atoms with van der Waals surface area (Å²) in [5.74, 6) is 0.471. The van der Waals surface area contributed by atoms with Crippen LogP contribution in [0.1, 0.15) is 6.42 Å². The molecule has 0 aliphatic rings. The normalized spacial score (nSPS) is 10.7. The number of hydrogen-bond donors (Lipinski definition) is 2. The molecule has 0 bridgehead atoms. The Bertz CT molecular complexity index is 657. The summed E-state index contributed by atoms with van der Waals surface area (Å²) in [6.45, 7) is 1.15. The van der Waals surface area contributed by atoms with Crippen LogP contribution in [-0.2, 0) is 13.1 Å². The third kappa shape index (κ3) is 2.89. The van der Waals surface area contributed by atoms with Gasteiger partial charge in [-0.2, -0.15) is 5.10 Å². The maximum Gasteiger partial charge on any atom is 0.328 e. The zero-order valence-corrected chi connectivity index (χ0v) is 11.1. The second kappa shape index (κ2) is 5.21. The zero-order valence-electron chi connectivity index (χ0n) is 9.47. The van der Waals surface area contributed by atoms with Gasteiger partial charge in [0.05, 0.1) is 4.47 Å². The summed E-state index contributed by atoms with van der Waals surface area (Å²) in [7, 11) is 0. The van der Waals surface area contributed by atoms with Crippen LogP contribution in [0.4, 0.5) is 5.82 Å². The number of nitrogen functional groups attached to an aromatic ring is 1. The average Bonchev–Trinajstić information content (AvgIpc) is 2.71. The molecule has 0 aliphatic heterocycles. The standard InChI is InChI=1S/C10H12BrN5O2/c11-7-6-15(10(18)13-9(7)17)3-1-4-16-5-2-8(12)14-16/h2,5-6H,1,3-4H2,(H2,12,14)(H,13,17,18). The summed E-state index contributed by atoms with van der Waals surface area (Å²) in [5, 5.41) is 4.04. The Morgan fingerprint density at radius 1 is 1.39 bits per heavy atom. The van der Waals surface area contributed by atoms with Gasteiger partial charge in [0.1, 0.15) is 5.82 Å². The number of nitrogens with zero attached hydrogens (tertiary/aromatic N) is 3. The van der Waals surface area contributed by atoms with Crippen molar-refractivity contribution in [2.24, 2.45) is 0 Å². The zero-order chi connectivity index (χ0) is 13.1. The number of hydrogen-bond acceptors (Lipinski definition) is 4. The Balaban J connectivity index is 2.00. The molecule has 7 nitrogen and oxygen atoms in total. The third-order valence-corrected chi connectivity index (χ3v) is 2.98. The smallest absolute Gasteiger partial charge is 0.328 e. The van der Waals surface area contributed by atoms with Crippen LogP contribution < -0.4 is 17.0 Å². The first-order chi connectivity index (χ1) is 8.56. The van der Waals surface area contributed by atoms with Crippen molar-refractivity contribution in [2.75, 3.05) is 5.73 Å². The lowest BCUT2D eigenvalue weighted by atomic mass is 10.4. The van der Waals surface area contributed by atoms with Crippen molar-refractivity contribution in [3.05, 3.63) is 43.8 Å². The number of aryl methyl sites for hydroxylation is 2. The van der Waals surface area contributed by atoms with E-state index in [1.165, 1.54) is 10.8 Å². The van der Waals surface area contributed by atoms with E-state index in [2.05, 4.69) is 26.0 Å². The highest BCUT2D eigenvalue weighted by Gasteiger charge is 2.02. The lowest BCUT2D eigenvalue weighted by molar-refractivity contribution is 0.514. The number of halogens is 1. The summed E-state index contributed by atoms with van der Waals surface area (Å²) < 4.78 is 3.49. The van der Waals surface area contributed by atoms with Crippen molar-refractivity contribution in [3.8, 4) is 0 Å². The fourth-order valence-corrected chi connectivity index (χ4v) is 1.90. The van der Waals surface area contributed by atoms with Gasteiger partial charge in [-0.15, -0.1) is 0 Å². The van der Waals surface area contributed by atoms with Crippen LogP contribution in [0.5, 0.6) is 0 Å². The molecule has 0 unspecified atom stereocenters. The van der Waals surface area contributed by atoms with Crippen molar-refractivity contribution < 1.29 is 0 Å². The largest absolute Gasteiger partial charge is 0.382 e. The van der Waals surface area contributed by atoms with E-state index in [-0.39, 0.29) is 0 Å².